The molecule has 18 heavy (non-hydrogen) atoms. The molecule has 5 nitrogen and oxygen atoms in total. The van der Waals surface area contributed by atoms with E-state index in [2.05, 4.69) is 9.44 Å². The van der Waals surface area contributed by atoms with Crippen LogP contribution in [0, 0.1) is 11.3 Å². The Hall–Kier alpha value is -1.42. The van der Waals surface area contributed by atoms with Crippen LogP contribution in [0.2, 0.25) is 0 Å². The van der Waals surface area contributed by atoms with Gasteiger partial charge in [0.2, 0.25) is 0 Å². The minimum Gasteiger partial charge on any atom is -0.198 e. The van der Waals surface area contributed by atoms with E-state index >= 15 is 0 Å². The fraction of sp³-hybridized carbons (Fsp3) is 0.417. The van der Waals surface area contributed by atoms with Crippen LogP contribution in [0.5, 0.6) is 0 Å². The third-order valence-electron chi connectivity index (χ3n) is 1.96. The van der Waals surface area contributed by atoms with Gasteiger partial charge in [0.15, 0.2) is 0 Å². The first-order chi connectivity index (χ1) is 8.22. The smallest absolute Gasteiger partial charge is 0.198 e. The molecule has 0 spiro atoms. The van der Waals surface area contributed by atoms with E-state index in [1.807, 2.05) is 6.07 Å². The Kier molecular flexibility index (Phi) is 4.46. The van der Waals surface area contributed by atoms with E-state index in [9.17, 15) is 8.42 Å². The van der Waals surface area contributed by atoms with Crippen LogP contribution in [-0.4, -0.2) is 14.0 Å². The molecule has 1 aromatic carbocycles. The first-order valence-corrected chi connectivity index (χ1v) is 6.98. The molecular weight excluding hydrogens is 250 g/mol. The van der Waals surface area contributed by atoms with Crippen molar-refractivity contribution in [1.29, 1.82) is 5.26 Å². The summed E-state index contributed by atoms with van der Waals surface area (Å²) in [5, 5.41) is 8.74. The topological polar surface area (TPSA) is 82.0 Å². The lowest BCUT2D eigenvalue weighted by Gasteiger charge is -2.20. The molecule has 1 aromatic rings. The average molecular weight is 267 g/mol. The molecule has 0 unspecified atom stereocenters. The van der Waals surface area contributed by atoms with E-state index in [-0.39, 0.29) is 6.54 Å². The quantitative estimate of drug-likeness (QED) is 0.862. The summed E-state index contributed by atoms with van der Waals surface area (Å²) < 4.78 is 28.3. The zero-order valence-electron chi connectivity index (χ0n) is 10.7. The molecule has 0 aliphatic carbocycles. The highest BCUT2D eigenvalue weighted by molar-refractivity contribution is 7.87. The maximum absolute atomic E-state index is 11.7. The number of hydrogen-bond acceptors (Lipinski definition) is 3. The Morgan fingerprint density at radius 1 is 1.33 bits per heavy atom. The summed E-state index contributed by atoms with van der Waals surface area (Å²) in [4.78, 5) is 0. The number of hydrogen-bond donors (Lipinski definition) is 2. The molecule has 2 N–H and O–H groups in total. The summed E-state index contributed by atoms with van der Waals surface area (Å²) >= 11 is 0. The molecule has 0 aliphatic heterocycles. The van der Waals surface area contributed by atoms with Gasteiger partial charge in [0.1, 0.15) is 0 Å². The van der Waals surface area contributed by atoms with Crippen molar-refractivity contribution in [2.45, 2.75) is 32.9 Å². The SMILES string of the molecule is CC(C)(C)NS(=O)(=O)NCc1cccc(C#N)c1. The molecule has 98 valence electrons. The average Bonchev–Trinajstić information content (AvgIpc) is 2.24. The predicted molar refractivity (Wildman–Crippen MR) is 69.8 cm³/mol. The Morgan fingerprint density at radius 2 is 2.00 bits per heavy atom. The Morgan fingerprint density at radius 3 is 2.56 bits per heavy atom. The Balaban J connectivity index is 2.68. The summed E-state index contributed by atoms with van der Waals surface area (Å²) in [5.41, 5.74) is 0.726. The van der Waals surface area contributed by atoms with Gasteiger partial charge in [-0.05, 0) is 38.5 Å². The maximum Gasteiger partial charge on any atom is 0.277 e. The van der Waals surface area contributed by atoms with Crippen molar-refractivity contribution in [3.63, 3.8) is 0 Å². The molecular formula is C12H17N3O2S. The second-order valence-corrected chi connectivity index (χ2v) is 6.49. The van der Waals surface area contributed by atoms with Crippen LogP contribution in [0.25, 0.3) is 0 Å². The fourth-order valence-electron chi connectivity index (χ4n) is 1.37. The molecule has 0 fully saturated rings. The number of benzene rings is 1. The van der Waals surface area contributed by atoms with E-state index in [1.165, 1.54) is 0 Å². The highest BCUT2D eigenvalue weighted by Crippen LogP contribution is 2.05. The van der Waals surface area contributed by atoms with Crippen LogP contribution < -0.4 is 9.44 Å². The van der Waals surface area contributed by atoms with Gasteiger partial charge in [0.05, 0.1) is 11.6 Å². The standard InChI is InChI=1S/C12H17N3O2S/c1-12(2,3)15-18(16,17)14-9-11-6-4-5-10(7-11)8-13/h4-7,14-15H,9H2,1-3H3. The van der Waals surface area contributed by atoms with Crippen molar-refractivity contribution in [2.75, 3.05) is 0 Å². The molecule has 0 aliphatic rings. The largest absolute Gasteiger partial charge is 0.277 e. The summed E-state index contributed by atoms with van der Waals surface area (Å²) in [6.45, 7) is 5.45. The third-order valence-corrected chi connectivity index (χ3v) is 3.37. The molecule has 0 atom stereocenters. The maximum atomic E-state index is 11.7. The highest BCUT2D eigenvalue weighted by Gasteiger charge is 2.19. The van der Waals surface area contributed by atoms with Crippen LogP contribution >= 0.6 is 0 Å². The summed E-state index contributed by atoms with van der Waals surface area (Å²) in [6, 6.07) is 8.82. The van der Waals surface area contributed by atoms with Crippen molar-refractivity contribution >= 4 is 10.2 Å². The molecule has 0 amide bonds. The summed E-state index contributed by atoms with van der Waals surface area (Å²) in [5.74, 6) is 0. The van der Waals surface area contributed by atoms with Gasteiger partial charge in [0.25, 0.3) is 10.2 Å². The molecule has 0 aromatic heterocycles. The van der Waals surface area contributed by atoms with E-state index in [4.69, 9.17) is 5.26 Å². The van der Waals surface area contributed by atoms with E-state index in [1.54, 1.807) is 45.0 Å². The van der Waals surface area contributed by atoms with Crippen LogP contribution in [-0.2, 0) is 16.8 Å². The van der Waals surface area contributed by atoms with Gasteiger partial charge in [0, 0.05) is 12.1 Å². The predicted octanol–water partition coefficient (Wildman–Crippen LogP) is 1.28. The van der Waals surface area contributed by atoms with Crippen molar-refractivity contribution in [2.24, 2.45) is 0 Å². The first-order valence-electron chi connectivity index (χ1n) is 5.49. The van der Waals surface area contributed by atoms with Crippen LogP contribution in [0.15, 0.2) is 24.3 Å². The first kappa shape index (κ1) is 14.6. The molecule has 0 bridgehead atoms. The minimum atomic E-state index is -3.54. The summed E-state index contributed by atoms with van der Waals surface area (Å²) in [6.07, 6.45) is 0. The zero-order valence-corrected chi connectivity index (χ0v) is 11.5. The van der Waals surface area contributed by atoms with Gasteiger partial charge >= 0.3 is 0 Å². The van der Waals surface area contributed by atoms with Gasteiger partial charge in [-0.1, -0.05) is 12.1 Å². The highest BCUT2D eigenvalue weighted by atomic mass is 32.2. The van der Waals surface area contributed by atoms with Crippen LogP contribution in [0.4, 0.5) is 0 Å². The second-order valence-electron chi connectivity index (χ2n) is 4.99. The summed E-state index contributed by atoms with van der Waals surface area (Å²) in [7, 11) is -3.54. The van der Waals surface area contributed by atoms with Crippen molar-refractivity contribution in [1.82, 2.24) is 9.44 Å². The van der Waals surface area contributed by atoms with E-state index in [0.29, 0.717) is 5.56 Å². The lowest BCUT2D eigenvalue weighted by molar-refractivity contribution is 0.483. The fourth-order valence-corrected chi connectivity index (χ4v) is 2.60. The molecule has 1 rings (SSSR count). The zero-order chi connectivity index (χ0) is 13.8. The van der Waals surface area contributed by atoms with Gasteiger partial charge in [-0.3, -0.25) is 0 Å². The number of nitriles is 1. The monoisotopic (exact) mass is 267 g/mol. The molecule has 0 saturated carbocycles. The van der Waals surface area contributed by atoms with Gasteiger partial charge < -0.3 is 0 Å². The molecule has 6 heteroatoms. The van der Waals surface area contributed by atoms with Crippen LogP contribution in [0.3, 0.4) is 0 Å². The molecule has 0 heterocycles. The third kappa shape index (κ3) is 5.27. The number of nitrogens with zero attached hydrogens (tertiary/aromatic N) is 1. The normalized spacial score (nSPS) is 12.1. The second kappa shape index (κ2) is 5.48. The molecule has 0 radical (unpaired) electrons. The van der Waals surface area contributed by atoms with Gasteiger partial charge in [-0.2, -0.15) is 23.1 Å². The minimum absolute atomic E-state index is 0.154. The van der Waals surface area contributed by atoms with Crippen molar-refractivity contribution in [3.05, 3.63) is 35.4 Å². The lowest BCUT2D eigenvalue weighted by Crippen LogP contribution is -2.46. The number of nitrogens with one attached hydrogen (secondary N) is 2. The van der Waals surface area contributed by atoms with Gasteiger partial charge in [-0.15, -0.1) is 0 Å². The lowest BCUT2D eigenvalue weighted by atomic mass is 10.1. The Labute approximate surface area is 108 Å². The van der Waals surface area contributed by atoms with Gasteiger partial charge in [-0.25, -0.2) is 0 Å². The van der Waals surface area contributed by atoms with E-state index in [0.717, 1.165) is 5.56 Å². The Bertz CT molecular complexity index is 553. The van der Waals surface area contributed by atoms with Crippen LogP contribution in [0.1, 0.15) is 31.9 Å². The number of rotatable bonds is 4. The van der Waals surface area contributed by atoms with E-state index < -0.39 is 15.7 Å². The molecule has 0 saturated heterocycles. The van der Waals surface area contributed by atoms with Crippen molar-refractivity contribution in [3.8, 4) is 6.07 Å². The van der Waals surface area contributed by atoms with Crippen molar-refractivity contribution < 1.29 is 8.42 Å².